The number of methoxy groups -OCH3 is 1. The molecule has 0 saturated heterocycles. The van der Waals surface area contributed by atoms with E-state index in [1.807, 2.05) is 0 Å². The van der Waals surface area contributed by atoms with E-state index in [2.05, 4.69) is 0 Å². The number of ether oxygens (including phenoxy) is 1. The highest BCUT2D eigenvalue weighted by Crippen LogP contribution is 2.27. The third-order valence-electron chi connectivity index (χ3n) is 1.92. The lowest BCUT2D eigenvalue weighted by molar-refractivity contribution is 0.112. The highest BCUT2D eigenvalue weighted by Gasteiger charge is 2.16. The average Bonchev–Trinajstić information content (AvgIpc) is 2.15. The van der Waals surface area contributed by atoms with Gasteiger partial charge in [0, 0.05) is 16.7 Å². The second kappa shape index (κ2) is 4.20. The number of rotatable bonds is 3. The number of aryl methyl sites for hydroxylation is 1. The first kappa shape index (κ1) is 12.0. The van der Waals surface area contributed by atoms with Gasteiger partial charge in [-0.2, -0.15) is 0 Å². The maximum atomic E-state index is 11.1. The van der Waals surface area contributed by atoms with Crippen LogP contribution >= 0.6 is 10.7 Å². The predicted molar refractivity (Wildman–Crippen MR) is 56.2 cm³/mol. The first-order valence-electron chi connectivity index (χ1n) is 3.98. The minimum absolute atomic E-state index is 0.0494. The van der Waals surface area contributed by atoms with Crippen molar-refractivity contribution >= 4 is 26.0 Å². The molecule has 6 heteroatoms. The maximum Gasteiger partial charge on any atom is 0.261 e. The van der Waals surface area contributed by atoms with Crippen LogP contribution in [0.4, 0.5) is 0 Å². The van der Waals surface area contributed by atoms with Gasteiger partial charge in [0.15, 0.2) is 6.29 Å². The van der Waals surface area contributed by atoms with E-state index < -0.39 is 9.05 Å². The number of benzene rings is 1. The molecule has 1 aromatic carbocycles. The van der Waals surface area contributed by atoms with Crippen LogP contribution in [0.1, 0.15) is 15.9 Å². The smallest absolute Gasteiger partial charge is 0.261 e. The minimum atomic E-state index is -3.81. The van der Waals surface area contributed by atoms with Crippen LogP contribution in [0.5, 0.6) is 5.75 Å². The summed E-state index contributed by atoms with van der Waals surface area (Å²) in [6.45, 7) is 1.56. The van der Waals surface area contributed by atoms with Gasteiger partial charge in [-0.25, -0.2) is 8.42 Å². The second-order valence-corrected chi connectivity index (χ2v) is 5.45. The van der Waals surface area contributed by atoms with E-state index in [0.717, 1.165) is 0 Å². The van der Waals surface area contributed by atoms with Crippen molar-refractivity contribution < 1.29 is 17.9 Å². The Kier molecular flexibility index (Phi) is 3.36. The topological polar surface area (TPSA) is 60.4 Å². The first-order valence-corrected chi connectivity index (χ1v) is 6.29. The number of hydrogen-bond donors (Lipinski definition) is 0. The number of aldehydes is 1. The van der Waals surface area contributed by atoms with E-state index in [0.29, 0.717) is 17.4 Å². The third kappa shape index (κ3) is 2.49. The van der Waals surface area contributed by atoms with Crippen molar-refractivity contribution in [2.24, 2.45) is 0 Å². The molecular weight excluding hydrogens is 240 g/mol. The Morgan fingerprint density at radius 2 is 2.00 bits per heavy atom. The number of carbonyl (C=O) groups is 1. The van der Waals surface area contributed by atoms with Crippen LogP contribution in [-0.4, -0.2) is 21.8 Å². The van der Waals surface area contributed by atoms with Gasteiger partial charge in [-0.05, 0) is 18.6 Å². The van der Waals surface area contributed by atoms with E-state index in [4.69, 9.17) is 15.4 Å². The molecule has 0 heterocycles. The Bertz CT molecular complexity index is 493. The van der Waals surface area contributed by atoms with Gasteiger partial charge in [-0.3, -0.25) is 4.79 Å². The maximum absolute atomic E-state index is 11.1. The van der Waals surface area contributed by atoms with Crippen molar-refractivity contribution in [2.45, 2.75) is 11.8 Å². The summed E-state index contributed by atoms with van der Waals surface area (Å²) >= 11 is 0. The Labute approximate surface area is 92.2 Å². The molecule has 0 fully saturated rings. The van der Waals surface area contributed by atoms with Gasteiger partial charge in [0.25, 0.3) is 9.05 Å². The number of hydrogen-bond acceptors (Lipinski definition) is 4. The van der Waals surface area contributed by atoms with Crippen LogP contribution in [0.3, 0.4) is 0 Å². The SMILES string of the molecule is COc1cc(S(=O)(=O)Cl)c(C)cc1C=O. The largest absolute Gasteiger partial charge is 0.496 e. The van der Waals surface area contributed by atoms with E-state index in [9.17, 15) is 13.2 Å². The van der Waals surface area contributed by atoms with Gasteiger partial charge >= 0.3 is 0 Å². The molecule has 0 bridgehead atoms. The Balaban J connectivity index is 3.52. The zero-order valence-corrected chi connectivity index (χ0v) is 9.72. The van der Waals surface area contributed by atoms with Crippen LogP contribution in [0, 0.1) is 6.92 Å². The molecule has 15 heavy (non-hydrogen) atoms. The molecule has 0 amide bonds. The van der Waals surface area contributed by atoms with Gasteiger partial charge in [-0.15, -0.1) is 0 Å². The van der Waals surface area contributed by atoms with Crippen LogP contribution in [0.2, 0.25) is 0 Å². The molecule has 4 nitrogen and oxygen atoms in total. The normalized spacial score (nSPS) is 11.1. The molecule has 82 valence electrons. The highest BCUT2D eigenvalue weighted by molar-refractivity contribution is 8.13. The van der Waals surface area contributed by atoms with Crippen LogP contribution in [0.25, 0.3) is 0 Å². The van der Waals surface area contributed by atoms with Gasteiger partial charge in [0.2, 0.25) is 0 Å². The Morgan fingerprint density at radius 1 is 1.40 bits per heavy atom. The summed E-state index contributed by atoms with van der Waals surface area (Å²) in [6, 6.07) is 2.66. The fraction of sp³-hybridized carbons (Fsp3) is 0.222. The molecule has 0 radical (unpaired) electrons. The Morgan fingerprint density at radius 3 is 2.40 bits per heavy atom. The summed E-state index contributed by atoms with van der Waals surface area (Å²) in [5, 5.41) is 0. The lowest BCUT2D eigenvalue weighted by Crippen LogP contribution is -1.99. The minimum Gasteiger partial charge on any atom is -0.496 e. The lowest BCUT2D eigenvalue weighted by Gasteiger charge is -2.07. The van der Waals surface area contributed by atoms with Crippen molar-refractivity contribution in [3.8, 4) is 5.75 Å². The molecule has 1 rings (SSSR count). The zero-order chi connectivity index (χ0) is 11.6. The van der Waals surface area contributed by atoms with E-state index in [1.165, 1.54) is 19.2 Å². The predicted octanol–water partition coefficient (Wildman–Crippen LogP) is 1.74. The van der Waals surface area contributed by atoms with Gasteiger partial charge in [0.1, 0.15) is 5.75 Å². The number of halogens is 1. The van der Waals surface area contributed by atoms with Gasteiger partial charge in [0.05, 0.1) is 17.6 Å². The van der Waals surface area contributed by atoms with Crippen molar-refractivity contribution in [1.29, 1.82) is 0 Å². The molecule has 0 saturated carbocycles. The summed E-state index contributed by atoms with van der Waals surface area (Å²) in [5.74, 6) is 0.190. The molecule has 0 N–H and O–H groups in total. The molecule has 0 atom stereocenters. The summed E-state index contributed by atoms with van der Waals surface area (Å²) in [5.41, 5.74) is 0.701. The van der Waals surface area contributed by atoms with E-state index in [1.54, 1.807) is 6.92 Å². The Hall–Kier alpha value is -1.07. The van der Waals surface area contributed by atoms with Crippen LogP contribution in [-0.2, 0) is 9.05 Å². The molecule has 0 aliphatic carbocycles. The number of carbonyl (C=O) groups excluding carboxylic acids is 1. The van der Waals surface area contributed by atoms with E-state index >= 15 is 0 Å². The summed E-state index contributed by atoms with van der Waals surface area (Å²) in [4.78, 5) is 10.6. The molecule has 0 aliphatic heterocycles. The second-order valence-electron chi connectivity index (χ2n) is 2.92. The monoisotopic (exact) mass is 248 g/mol. The fourth-order valence-corrected chi connectivity index (χ4v) is 2.41. The standard InChI is InChI=1S/C9H9ClO4S/c1-6-3-7(5-11)8(14-2)4-9(6)15(10,12)13/h3-5H,1-2H3. The highest BCUT2D eigenvalue weighted by atomic mass is 35.7. The van der Waals surface area contributed by atoms with E-state index in [-0.39, 0.29) is 10.6 Å². The molecule has 0 aliphatic rings. The molecular formula is C9H9ClO4S. The fourth-order valence-electron chi connectivity index (χ4n) is 1.22. The molecule has 0 aromatic heterocycles. The van der Waals surface area contributed by atoms with Crippen LogP contribution in [0.15, 0.2) is 17.0 Å². The molecule has 1 aromatic rings. The van der Waals surface area contributed by atoms with Crippen molar-refractivity contribution in [3.63, 3.8) is 0 Å². The average molecular weight is 249 g/mol. The first-order chi connectivity index (χ1) is 6.90. The lowest BCUT2D eigenvalue weighted by atomic mass is 10.1. The van der Waals surface area contributed by atoms with Crippen molar-refractivity contribution in [3.05, 3.63) is 23.3 Å². The quantitative estimate of drug-likeness (QED) is 0.604. The molecule has 0 spiro atoms. The van der Waals surface area contributed by atoms with Crippen molar-refractivity contribution in [1.82, 2.24) is 0 Å². The van der Waals surface area contributed by atoms with Crippen molar-refractivity contribution in [2.75, 3.05) is 7.11 Å². The summed E-state index contributed by atoms with van der Waals surface area (Å²) in [7, 11) is 2.75. The summed E-state index contributed by atoms with van der Waals surface area (Å²) in [6.07, 6.45) is 0.594. The third-order valence-corrected chi connectivity index (χ3v) is 3.38. The van der Waals surface area contributed by atoms with Crippen LogP contribution < -0.4 is 4.74 Å². The molecule has 0 unspecified atom stereocenters. The zero-order valence-electron chi connectivity index (χ0n) is 8.15. The summed E-state index contributed by atoms with van der Waals surface area (Å²) < 4.78 is 27.2. The van der Waals surface area contributed by atoms with Gasteiger partial charge < -0.3 is 4.74 Å². The van der Waals surface area contributed by atoms with Gasteiger partial charge in [-0.1, -0.05) is 0 Å².